The molecule has 0 unspecified atom stereocenters. The van der Waals surface area contributed by atoms with Crippen molar-refractivity contribution in [3.63, 3.8) is 0 Å². The van der Waals surface area contributed by atoms with E-state index in [-0.39, 0.29) is 0 Å². The Labute approximate surface area is 92.9 Å². The van der Waals surface area contributed by atoms with Crippen molar-refractivity contribution in [3.05, 3.63) is 42.4 Å². The second kappa shape index (κ2) is 4.89. The Balaban J connectivity index is 1.93. The number of aromatic amines is 1. The van der Waals surface area contributed by atoms with Crippen molar-refractivity contribution in [2.45, 2.75) is 10.8 Å². The summed E-state index contributed by atoms with van der Waals surface area (Å²) in [6.07, 6.45) is 3.59. The van der Waals surface area contributed by atoms with Crippen LogP contribution < -0.4 is 4.74 Å². The molecule has 2 rings (SSSR count). The zero-order chi connectivity index (χ0) is 10.5. The number of H-pyrrole nitrogens is 1. The third-order valence-corrected chi connectivity index (χ3v) is 3.02. The molecule has 0 saturated carbocycles. The van der Waals surface area contributed by atoms with Gasteiger partial charge in [0.1, 0.15) is 10.8 Å². The summed E-state index contributed by atoms with van der Waals surface area (Å²) in [4.78, 5) is 7.08. The molecule has 2 aromatic rings. The summed E-state index contributed by atoms with van der Waals surface area (Å²) in [7, 11) is 1.67. The normalized spacial score (nSPS) is 10.2. The van der Waals surface area contributed by atoms with E-state index in [1.807, 2.05) is 18.3 Å². The summed E-state index contributed by atoms with van der Waals surface area (Å²) in [6, 6.07) is 8.08. The summed E-state index contributed by atoms with van der Waals surface area (Å²) in [5.74, 6) is 1.82. The number of hydrogen-bond acceptors (Lipinski definition) is 3. The van der Waals surface area contributed by atoms with E-state index in [4.69, 9.17) is 4.74 Å². The van der Waals surface area contributed by atoms with E-state index in [0.29, 0.717) is 0 Å². The number of ether oxygens (including phenoxy) is 1. The third-order valence-electron chi connectivity index (χ3n) is 2.02. The molecule has 1 aromatic heterocycles. The third kappa shape index (κ3) is 2.76. The molecule has 0 aliphatic carbocycles. The summed E-state index contributed by atoms with van der Waals surface area (Å²) in [5, 5.41) is 1.02. The fraction of sp³-hybridized carbons (Fsp3) is 0.182. The maximum Gasteiger partial charge on any atom is 0.118 e. The number of aromatic nitrogens is 2. The van der Waals surface area contributed by atoms with Gasteiger partial charge in [-0.05, 0) is 17.7 Å². The van der Waals surface area contributed by atoms with Crippen molar-refractivity contribution in [1.29, 1.82) is 0 Å². The van der Waals surface area contributed by atoms with Gasteiger partial charge in [0.2, 0.25) is 0 Å². The zero-order valence-electron chi connectivity index (χ0n) is 8.43. The lowest BCUT2D eigenvalue weighted by molar-refractivity contribution is 0.414. The first-order valence-corrected chi connectivity index (χ1v) is 5.61. The number of thioether (sulfide) groups is 1. The highest BCUT2D eigenvalue weighted by Crippen LogP contribution is 2.21. The molecule has 1 N–H and O–H groups in total. The van der Waals surface area contributed by atoms with Gasteiger partial charge >= 0.3 is 0 Å². The molecule has 0 bridgehead atoms. The SMILES string of the molecule is COc1ccc(CSc2c[nH]cn2)cc1. The number of methoxy groups -OCH3 is 1. The lowest BCUT2D eigenvalue weighted by Gasteiger charge is -2.01. The van der Waals surface area contributed by atoms with Gasteiger partial charge in [-0.2, -0.15) is 0 Å². The molecule has 0 fully saturated rings. The van der Waals surface area contributed by atoms with Gasteiger partial charge in [-0.25, -0.2) is 4.98 Å². The monoisotopic (exact) mass is 220 g/mol. The molecule has 0 saturated heterocycles. The molecule has 78 valence electrons. The van der Waals surface area contributed by atoms with E-state index >= 15 is 0 Å². The van der Waals surface area contributed by atoms with E-state index in [1.54, 1.807) is 25.2 Å². The Morgan fingerprint density at radius 1 is 1.33 bits per heavy atom. The minimum Gasteiger partial charge on any atom is -0.497 e. The van der Waals surface area contributed by atoms with Crippen LogP contribution in [0, 0.1) is 0 Å². The lowest BCUT2D eigenvalue weighted by atomic mass is 10.2. The predicted molar refractivity (Wildman–Crippen MR) is 61.1 cm³/mol. The van der Waals surface area contributed by atoms with Crippen molar-refractivity contribution in [1.82, 2.24) is 9.97 Å². The van der Waals surface area contributed by atoms with Crippen molar-refractivity contribution < 1.29 is 4.74 Å². The number of hydrogen-bond donors (Lipinski definition) is 1. The van der Waals surface area contributed by atoms with Crippen LogP contribution in [0.4, 0.5) is 0 Å². The number of nitrogens with one attached hydrogen (secondary N) is 1. The summed E-state index contributed by atoms with van der Waals surface area (Å²) < 4.78 is 5.10. The van der Waals surface area contributed by atoms with E-state index in [9.17, 15) is 0 Å². The van der Waals surface area contributed by atoms with Crippen LogP contribution in [0.1, 0.15) is 5.56 Å². The van der Waals surface area contributed by atoms with E-state index < -0.39 is 0 Å². The highest BCUT2D eigenvalue weighted by atomic mass is 32.2. The van der Waals surface area contributed by atoms with Crippen LogP contribution in [0.2, 0.25) is 0 Å². The first-order valence-electron chi connectivity index (χ1n) is 4.63. The average molecular weight is 220 g/mol. The molecule has 0 aliphatic heterocycles. The maximum absolute atomic E-state index is 5.10. The van der Waals surface area contributed by atoms with E-state index in [2.05, 4.69) is 22.1 Å². The van der Waals surface area contributed by atoms with Gasteiger partial charge < -0.3 is 9.72 Å². The number of imidazole rings is 1. The molecular formula is C11H12N2OS. The average Bonchev–Trinajstić information content (AvgIpc) is 2.80. The second-order valence-corrected chi connectivity index (χ2v) is 4.04. The fourth-order valence-corrected chi connectivity index (χ4v) is 1.99. The van der Waals surface area contributed by atoms with Crippen LogP contribution in [-0.2, 0) is 5.75 Å². The zero-order valence-corrected chi connectivity index (χ0v) is 9.25. The van der Waals surface area contributed by atoms with Gasteiger partial charge in [0.05, 0.1) is 13.4 Å². The van der Waals surface area contributed by atoms with Crippen molar-refractivity contribution in [3.8, 4) is 5.75 Å². The Bertz CT molecular complexity index is 397. The van der Waals surface area contributed by atoms with Gasteiger partial charge in [-0.1, -0.05) is 12.1 Å². The summed E-state index contributed by atoms with van der Waals surface area (Å²) in [5.41, 5.74) is 1.27. The lowest BCUT2D eigenvalue weighted by Crippen LogP contribution is -1.84. The minimum absolute atomic E-state index is 0.892. The molecule has 0 radical (unpaired) electrons. The molecule has 3 nitrogen and oxygen atoms in total. The van der Waals surface area contributed by atoms with Crippen LogP contribution in [-0.4, -0.2) is 17.1 Å². The quantitative estimate of drug-likeness (QED) is 0.805. The molecule has 0 amide bonds. The van der Waals surface area contributed by atoms with Gasteiger partial charge in [-0.15, -0.1) is 11.8 Å². The van der Waals surface area contributed by atoms with Crippen molar-refractivity contribution in [2.24, 2.45) is 0 Å². The minimum atomic E-state index is 0.892. The van der Waals surface area contributed by atoms with Crippen LogP contribution >= 0.6 is 11.8 Å². The number of benzene rings is 1. The van der Waals surface area contributed by atoms with Gasteiger partial charge in [0, 0.05) is 11.9 Å². The predicted octanol–water partition coefficient (Wildman–Crippen LogP) is 2.71. The van der Waals surface area contributed by atoms with Gasteiger partial charge in [-0.3, -0.25) is 0 Å². The standard InChI is InChI=1S/C11H12N2OS/c1-14-10-4-2-9(3-5-10)7-15-11-6-12-8-13-11/h2-6,8H,7H2,1H3,(H,12,13). The fourth-order valence-electron chi connectivity index (χ4n) is 1.20. The Hall–Kier alpha value is -1.42. The first-order chi connectivity index (χ1) is 7.38. The molecule has 1 aromatic carbocycles. The van der Waals surface area contributed by atoms with Crippen molar-refractivity contribution >= 4 is 11.8 Å². The van der Waals surface area contributed by atoms with Crippen LogP contribution in [0.25, 0.3) is 0 Å². The highest BCUT2D eigenvalue weighted by Gasteiger charge is 1.98. The van der Waals surface area contributed by atoms with E-state index in [0.717, 1.165) is 16.5 Å². The van der Waals surface area contributed by atoms with Gasteiger partial charge in [0.15, 0.2) is 0 Å². The summed E-state index contributed by atoms with van der Waals surface area (Å²) >= 11 is 1.71. The number of rotatable bonds is 4. The van der Waals surface area contributed by atoms with E-state index in [1.165, 1.54) is 5.56 Å². The van der Waals surface area contributed by atoms with Crippen LogP contribution in [0.5, 0.6) is 5.75 Å². The second-order valence-electron chi connectivity index (χ2n) is 3.04. The summed E-state index contributed by atoms with van der Waals surface area (Å²) in [6.45, 7) is 0. The van der Waals surface area contributed by atoms with Crippen LogP contribution in [0.15, 0.2) is 41.8 Å². The topological polar surface area (TPSA) is 37.9 Å². The molecule has 1 heterocycles. The maximum atomic E-state index is 5.10. The Morgan fingerprint density at radius 3 is 2.73 bits per heavy atom. The molecule has 15 heavy (non-hydrogen) atoms. The smallest absolute Gasteiger partial charge is 0.118 e. The Morgan fingerprint density at radius 2 is 2.13 bits per heavy atom. The molecule has 0 aliphatic rings. The largest absolute Gasteiger partial charge is 0.497 e. The molecular weight excluding hydrogens is 208 g/mol. The highest BCUT2D eigenvalue weighted by molar-refractivity contribution is 7.98. The molecule has 0 atom stereocenters. The molecule has 4 heteroatoms. The molecule has 0 spiro atoms. The Kier molecular flexibility index (Phi) is 3.29. The number of nitrogens with zero attached hydrogens (tertiary/aromatic N) is 1. The first kappa shape index (κ1) is 10.1. The van der Waals surface area contributed by atoms with Gasteiger partial charge in [0.25, 0.3) is 0 Å². The van der Waals surface area contributed by atoms with Crippen molar-refractivity contribution in [2.75, 3.05) is 7.11 Å². The van der Waals surface area contributed by atoms with Crippen LogP contribution in [0.3, 0.4) is 0 Å².